The fourth-order valence-corrected chi connectivity index (χ4v) is 2.61. The van der Waals surface area contributed by atoms with E-state index in [9.17, 15) is 9.90 Å². The van der Waals surface area contributed by atoms with Crippen LogP contribution in [0.15, 0.2) is 30.3 Å². The van der Waals surface area contributed by atoms with Crippen LogP contribution in [0.3, 0.4) is 0 Å². The van der Waals surface area contributed by atoms with Crippen LogP contribution in [0.1, 0.15) is 45.9 Å². The molecule has 1 aromatic heterocycles. The summed E-state index contributed by atoms with van der Waals surface area (Å²) in [4.78, 5) is 15.9. The van der Waals surface area contributed by atoms with Crippen molar-refractivity contribution in [3.8, 4) is 11.3 Å². The van der Waals surface area contributed by atoms with Crippen molar-refractivity contribution in [3.63, 3.8) is 0 Å². The quantitative estimate of drug-likeness (QED) is 0.916. The molecule has 102 valence electrons. The van der Waals surface area contributed by atoms with Crippen LogP contribution in [0.4, 0.5) is 0 Å². The van der Waals surface area contributed by atoms with Crippen molar-refractivity contribution in [1.82, 2.24) is 4.98 Å². The second-order valence-corrected chi connectivity index (χ2v) is 5.59. The summed E-state index contributed by atoms with van der Waals surface area (Å²) in [7, 11) is 0. The minimum Gasteiger partial charge on any atom is -0.478 e. The predicted molar refractivity (Wildman–Crippen MR) is 78.1 cm³/mol. The number of pyridine rings is 1. The van der Waals surface area contributed by atoms with Crippen molar-refractivity contribution in [2.75, 3.05) is 0 Å². The normalized spacial score (nSPS) is 14.3. The Labute approximate surface area is 118 Å². The van der Waals surface area contributed by atoms with Gasteiger partial charge < -0.3 is 5.11 Å². The average molecular weight is 267 g/mol. The SMILES string of the molecule is Cc1cc(C)cc(-c2ccc(C(=O)O)c(C3CC3)n2)c1. The minimum absolute atomic E-state index is 0.326. The molecule has 0 saturated heterocycles. The monoisotopic (exact) mass is 267 g/mol. The number of aryl methyl sites for hydroxylation is 2. The molecule has 0 bridgehead atoms. The first-order valence-electron chi connectivity index (χ1n) is 6.87. The molecule has 0 unspecified atom stereocenters. The third-order valence-electron chi connectivity index (χ3n) is 3.64. The first kappa shape index (κ1) is 12.9. The van der Waals surface area contributed by atoms with Crippen molar-refractivity contribution in [3.05, 3.63) is 52.7 Å². The molecule has 0 spiro atoms. The van der Waals surface area contributed by atoms with Crippen molar-refractivity contribution >= 4 is 5.97 Å². The molecule has 2 aromatic rings. The van der Waals surface area contributed by atoms with Gasteiger partial charge >= 0.3 is 5.97 Å². The molecule has 1 heterocycles. The molecule has 1 fully saturated rings. The van der Waals surface area contributed by atoms with Gasteiger partial charge in [-0.2, -0.15) is 0 Å². The number of hydrogen-bond donors (Lipinski definition) is 1. The Balaban J connectivity index is 2.10. The summed E-state index contributed by atoms with van der Waals surface area (Å²) >= 11 is 0. The predicted octanol–water partition coefficient (Wildman–Crippen LogP) is 3.94. The van der Waals surface area contributed by atoms with Crippen LogP contribution in [-0.2, 0) is 0 Å². The van der Waals surface area contributed by atoms with E-state index in [-0.39, 0.29) is 0 Å². The van der Waals surface area contributed by atoms with Crippen LogP contribution in [0.5, 0.6) is 0 Å². The van der Waals surface area contributed by atoms with Gasteiger partial charge in [0.15, 0.2) is 0 Å². The fourth-order valence-electron chi connectivity index (χ4n) is 2.61. The second-order valence-electron chi connectivity index (χ2n) is 5.59. The van der Waals surface area contributed by atoms with E-state index in [0.29, 0.717) is 11.5 Å². The van der Waals surface area contributed by atoms with E-state index in [1.165, 1.54) is 11.1 Å². The number of hydrogen-bond acceptors (Lipinski definition) is 2. The van der Waals surface area contributed by atoms with Gasteiger partial charge in [0, 0.05) is 11.5 Å². The van der Waals surface area contributed by atoms with Gasteiger partial charge in [0.2, 0.25) is 0 Å². The van der Waals surface area contributed by atoms with Gasteiger partial charge in [-0.25, -0.2) is 4.79 Å². The standard InChI is InChI=1S/C17H17NO2/c1-10-7-11(2)9-13(8-10)15-6-5-14(17(19)20)16(18-15)12-3-4-12/h5-9,12H,3-4H2,1-2H3,(H,19,20). The Morgan fingerprint density at radius 2 is 1.80 bits per heavy atom. The zero-order valence-corrected chi connectivity index (χ0v) is 11.7. The molecule has 0 atom stereocenters. The highest BCUT2D eigenvalue weighted by Crippen LogP contribution is 2.41. The first-order chi connectivity index (χ1) is 9.54. The topological polar surface area (TPSA) is 50.2 Å². The summed E-state index contributed by atoms with van der Waals surface area (Å²) in [6.45, 7) is 4.12. The molecule has 3 heteroatoms. The van der Waals surface area contributed by atoms with E-state index >= 15 is 0 Å². The summed E-state index contributed by atoms with van der Waals surface area (Å²) < 4.78 is 0. The lowest BCUT2D eigenvalue weighted by atomic mass is 10.0. The Morgan fingerprint density at radius 1 is 1.15 bits per heavy atom. The van der Waals surface area contributed by atoms with Gasteiger partial charge in [-0.1, -0.05) is 17.2 Å². The summed E-state index contributed by atoms with van der Waals surface area (Å²) in [6, 6.07) is 9.80. The number of aromatic carboxylic acids is 1. The molecule has 0 aliphatic heterocycles. The molecule has 3 rings (SSSR count). The van der Waals surface area contributed by atoms with Crippen LogP contribution in [-0.4, -0.2) is 16.1 Å². The van der Waals surface area contributed by atoms with Gasteiger partial charge in [0.05, 0.1) is 17.0 Å². The molecule has 1 aliphatic rings. The minimum atomic E-state index is -0.883. The van der Waals surface area contributed by atoms with E-state index in [1.807, 2.05) is 6.07 Å². The third-order valence-corrected chi connectivity index (χ3v) is 3.64. The van der Waals surface area contributed by atoms with Crippen molar-refractivity contribution in [2.24, 2.45) is 0 Å². The van der Waals surface area contributed by atoms with Crippen LogP contribution in [0.2, 0.25) is 0 Å². The van der Waals surface area contributed by atoms with Crippen LogP contribution < -0.4 is 0 Å². The van der Waals surface area contributed by atoms with Gasteiger partial charge in [-0.05, 0) is 51.0 Å². The second kappa shape index (κ2) is 4.75. The van der Waals surface area contributed by atoms with Gasteiger partial charge in [0.25, 0.3) is 0 Å². The number of benzene rings is 1. The van der Waals surface area contributed by atoms with E-state index in [1.54, 1.807) is 6.07 Å². The summed E-state index contributed by atoms with van der Waals surface area (Å²) in [5, 5.41) is 9.25. The average Bonchev–Trinajstić information content (AvgIpc) is 3.21. The molecule has 1 aromatic carbocycles. The molecule has 1 N–H and O–H groups in total. The van der Waals surface area contributed by atoms with Crippen LogP contribution in [0, 0.1) is 13.8 Å². The van der Waals surface area contributed by atoms with Crippen molar-refractivity contribution < 1.29 is 9.90 Å². The smallest absolute Gasteiger partial charge is 0.337 e. The molecule has 0 radical (unpaired) electrons. The summed E-state index contributed by atoms with van der Waals surface area (Å²) in [6.07, 6.45) is 2.09. The zero-order chi connectivity index (χ0) is 14.3. The van der Waals surface area contributed by atoms with E-state index in [2.05, 4.69) is 37.0 Å². The number of carboxylic acids is 1. The van der Waals surface area contributed by atoms with Gasteiger partial charge in [-0.15, -0.1) is 0 Å². The lowest BCUT2D eigenvalue weighted by Gasteiger charge is -2.09. The maximum atomic E-state index is 11.3. The molecule has 0 amide bonds. The van der Waals surface area contributed by atoms with Crippen LogP contribution in [0.25, 0.3) is 11.3 Å². The van der Waals surface area contributed by atoms with Gasteiger partial charge in [0.1, 0.15) is 0 Å². The largest absolute Gasteiger partial charge is 0.478 e. The number of nitrogens with zero attached hydrogens (tertiary/aromatic N) is 1. The third kappa shape index (κ3) is 2.44. The first-order valence-corrected chi connectivity index (χ1v) is 6.87. The molecule has 3 nitrogen and oxygen atoms in total. The van der Waals surface area contributed by atoms with Gasteiger partial charge in [-0.3, -0.25) is 4.98 Å². The summed E-state index contributed by atoms with van der Waals surface area (Å²) in [5.41, 5.74) is 5.40. The number of rotatable bonds is 3. The number of carbonyl (C=O) groups is 1. The summed E-state index contributed by atoms with van der Waals surface area (Å²) in [5.74, 6) is -0.557. The van der Waals surface area contributed by atoms with Crippen LogP contribution >= 0.6 is 0 Å². The Bertz CT molecular complexity index is 667. The van der Waals surface area contributed by atoms with Crippen molar-refractivity contribution in [2.45, 2.75) is 32.6 Å². The Hall–Kier alpha value is -2.16. The molecule has 20 heavy (non-hydrogen) atoms. The molecule has 1 aliphatic carbocycles. The lowest BCUT2D eigenvalue weighted by Crippen LogP contribution is -2.04. The zero-order valence-electron chi connectivity index (χ0n) is 11.7. The highest BCUT2D eigenvalue weighted by Gasteiger charge is 2.30. The lowest BCUT2D eigenvalue weighted by molar-refractivity contribution is 0.0695. The molecule has 1 saturated carbocycles. The maximum absolute atomic E-state index is 11.3. The highest BCUT2D eigenvalue weighted by molar-refractivity contribution is 5.89. The van der Waals surface area contributed by atoms with E-state index < -0.39 is 5.97 Å². The molecular weight excluding hydrogens is 250 g/mol. The fraction of sp³-hybridized carbons (Fsp3) is 0.294. The van der Waals surface area contributed by atoms with E-state index in [0.717, 1.165) is 29.8 Å². The number of aromatic nitrogens is 1. The van der Waals surface area contributed by atoms with Crippen molar-refractivity contribution in [1.29, 1.82) is 0 Å². The molecular formula is C17H17NO2. The Morgan fingerprint density at radius 3 is 2.35 bits per heavy atom. The highest BCUT2D eigenvalue weighted by atomic mass is 16.4. The maximum Gasteiger partial charge on any atom is 0.337 e. The number of carboxylic acid groups (broad SMARTS) is 1. The van der Waals surface area contributed by atoms with E-state index in [4.69, 9.17) is 0 Å². The Kier molecular flexibility index (Phi) is 3.05.